The van der Waals surface area contributed by atoms with Crippen LogP contribution in [0.15, 0.2) is 48.5 Å². The molecule has 3 aromatic rings. The summed E-state index contributed by atoms with van der Waals surface area (Å²) >= 11 is 0. The highest BCUT2D eigenvalue weighted by Gasteiger charge is 2.44. The molecule has 3 aliphatic rings. The maximum Gasteiger partial charge on any atom is 0.213 e. The molecule has 0 amide bonds. The molecule has 0 N–H and O–H groups in total. The molecule has 2 heterocycles. The number of aryl methyl sites for hydroxylation is 1. The van der Waals surface area contributed by atoms with Gasteiger partial charge in [0.25, 0.3) is 0 Å². The van der Waals surface area contributed by atoms with Crippen LogP contribution < -0.4 is 9.47 Å². The van der Waals surface area contributed by atoms with Crippen LogP contribution in [0.5, 0.6) is 11.6 Å². The van der Waals surface area contributed by atoms with Gasteiger partial charge in [-0.25, -0.2) is 9.37 Å². The first kappa shape index (κ1) is 21.6. The molecule has 0 radical (unpaired) electrons. The quantitative estimate of drug-likeness (QED) is 0.419. The Morgan fingerprint density at radius 3 is 2.76 bits per heavy atom. The summed E-state index contributed by atoms with van der Waals surface area (Å²) in [5.74, 6) is 3.32. The molecule has 6 rings (SSSR count). The van der Waals surface area contributed by atoms with Gasteiger partial charge in [-0.3, -0.25) is 0 Å². The Hall–Kier alpha value is -2.92. The molecule has 2 aromatic carbocycles. The Morgan fingerprint density at radius 2 is 1.91 bits per heavy atom. The lowest BCUT2D eigenvalue weighted by atomic mass is 10.0. The van der Waals surface area contributed by atoms with Crippen LogP contribution in [0.25, 0.3) is 11.1 Å². The van der Waals surface area contributed by atoms with Gasteiger partial charge in [0.05, 0.1) is 6.61 Å². The molecule has 1 saturated carbocycles. The van der Waals surface area contributed by atoms with Crippen LogP contribution in [0.3, 0.4) is 0 Å². The normalized spacial score (nSPS) is 21.1. The highest BCUT2D eigenvalue weighted by atomic mass is 19.1. The van der Waals surface area contributed by atoms with E-state index >= 15 is 0 Å². The minimum absolute atomic E-state index is 0.199. The van der Waals surface area contributed by atoms with Gasteiger partial charge in [-0.15, -0.1) is 0 Å². The molecule has 0 spiro atoms. The Morgan fingerprint density at radius 1 is 1.03 bits per heavy atom. The van der Waals surface area contributed by atoms with Gasteiger partial charge in [-0.2, -0.15) is 0 Å². The van der Waals surface area contributed by atoms with Gasteiger partial charge >= 0.3 is 0 Å². The number of nitrogens with zero attached hydrogens (tertiary/aromatic N) is 1. The Balaban J connectivity index is 1.13. The van der Waals surface area contributed by atoms with Crippen molar-refractivity contribution in [1.82, 2.24) is 4.98 Å². The maximum absolute atomic E-state index is 14.6. The second-order valence-corrected chi connectivity index (χ2v) is 9.91. The molecule has 0 bridgehead atoms. The molecule has 1 saturated heterocycles. The van der Waals surface area contributed by atoms with E-state index < -0.39 is 0 Å². The molecular weight excluding hydrogens is 429 g/mol. The smallest absolute Gasteiger partial charge is 0.213 e. The van der Waals surface area contributed by atoms with Gasteiger partial charge in [0.1, 0.15) is 18.2 Å². The van der Waals surface area contributed by atoms with Crippen LogP contribution in [0.4, 0.5) is 4.39 Å². The fourth-order valence-corrected chi connectivity index (χ4v) is 5.40. The summed E-state index contributed by atoms with van der Waals surface area (Å²) in [5, 5.41) is 0. The van der Waals surface area contributed by atoms with Crippen molar-refractivity contribution in [2.45, 2.75) is 45.1 Å². The summed E-state index contributed by atoms with van der Waals surface area (Å²) in [6, 6.07) is 15.4. The minimum atomic E-state index is -0.256. The summed E-state index contributed by atoms with van der Waals surface area (Å²) in [6.07, 6.45) is 4.55. The Bertz CT molecular complexity index is 1200. The van der Waals surface area contributed by atoms with Gasteiger partial charge < -0.3 is 14.2 Å². The highest BCUT2D eigenvalue weighted by molar-refractivity contribution is 5.67. The molecule has 2 unspecified atom stereocenters. The number of hydrogen-bond donors (Lipinski definition) is 0. The largest absolute Gasteiger partial charge is 0.489 e. The third kappa shape index (κ3) is 4.41. The summed E-state index contributed by atoms with van der Waals surface area (Å²) in [5.41, 5.74) is 6.18. The zero-order valence-corrected chi connectivity index (χ0v) is 19.6. The third-order valence-corrected chi connectivity index (χ3v) is 7.54. The predicted molar refractivity (Wildman–Crippen MR) is 129 cm³/mol. The van der Waals surface area contributed by atoms with Crippen molar-refractivity contribution in [2.75, 3.05) is 19.8 Å². The predicted octanol–water partition coefficient (Wildman–Crippen LogP) is 6.24. The first-order valence-corrected chi connectivity index (χ1v) is 12.4. The van der Waals surface area contributed by atoms with Gasteiger partial charge in [0.2, 0.25) is 5.88 Å². The fraction of sp³-hybridized carbons (Fsp3) is 0.414. The van der Waals surface area contributed by atoms with E-state index in [0.29, 0.717) is 24.0 Å². The maximum atomic E-state index is 14.6. The van der Waals surface area contributed by atoms with Crippen molar-refractivity contribution < 1.29 is 18.6 Å². The number of aromatic nitrogens is 1. The lowest BCUT2D eigenvalue weighted by Gasteiger charge is -2.22. The SMILES string of the molecule is Cc1nc(OCC2CCOCC2)ccc1-c1ccc(F)c(COc2ccc3c(c2)CC2CC32)c1. The van der Waals surface area contributed by atoms with Gasteiger partial charge in [0, 0.05) is 36.1 Å². The van der Waals surface area contributed by atoms with Crippen LogP contribution in [-0.2, 0) is 17.8 Å². The van der Waals surface area contributed by atoms with E-state index in [1.807, 2.05) is 31.2 Å². The van der Waals surface area contributed by atoms with E-state index in [9.17, 15) is 4.39 Å². The topological polar surface area (TPSA) is 40.6 Å². The van der Waals surface area contributed by atoms with Gasteiger partial charge in [0.15, 0.2) is 0 Å². The van der Waals surface area contributed by atoms with E-state index in [0.717, 1.165) is 66.9 Å². The van der Waals surface area contributed by atoms with Crippen LogP contribution in [0.2, 0.25) is 0 Å². The minimum Gasteiger partial charge on any atom is -0.489 e. The average Bonchev–Trinajstić information content (AvgIpc) is 3.53. The van der Waals surface area contributed by atoms with E-state index in [2.05, 4.69) is 17.1 Å². The lowest BCUT2D eigenvalue weighted by Crippen LogP contribution is -2.21. The number of hydrogen-bond acceptors (Lipinski definition) is 4. The number of fused-ring (bicyclic) bond motifs is 3. The molecule has 2 fully saturated rings. The fourth-order valence-electron chi connectivity index (χ4n) is 5.40. The second kappa shape index (κ2) is 9.03. The molecule has 4 nitrogen and oxygen atoms in total. The van der Waals surface area contributed by atoms with Crippen LogP contribution in [0.1, 0.15) is 47.6 Å². The summed E-state index contributed by atoms with van der Waals surface area (Å²) in [6.45, 7) is 4.44. The van der Waals surface area contributed by atoms with E-state index in [1.54, 1.807) is 6.07 Å². The van der Waals surface area contributed by atoms with Crippen molar-refractivity contribution in [3.63, 3.8) is 0 Å². The number of halogens is 1. The number of pyridine rings is 1. The molecule has 2 atom stereocenters. The Labute approximate surface area is 200 Å². The zero-order chi connectivity index (χ0) is 23.1. The lowest BCUT2D eigenvalue weighted by molar-refractivity contribution is 0.0490. The van der Waals surface area contributed by atoms with Crippen molar-refractivity contribution in [3.05, 3.63) is 76.7 Å². The number of benzene rings is 2. The number of rotatable bonds is 7. The molecule has 1 aromatic heterocycles. The van der Waals surface area contributed by atoms with Crippen molar-refractivity contribution in [2.24, 2.45) is 11.8 Å². The van der Waals surface area contributed by atoms with E-state index in [-0.39, 0.29) is 12.4 Å². The van der Waals surface area contributed by atoms with Crippen LogP contribution in [0, 0.1) is 24.6 Å². The highest BCUT2D eigenvalue weighted by Crippen LogP contribution is 2.56. The standard InChI is InChI=1S/C29H30FNO3/c1-18-25(5-7-29(31-18)34-16-19-8-10-32-11-9-19)20-2-6-28(30)23(12-20)17-33-24-3-4-26-21(14-24)13-22-15-27(22)26/h2-7,12,14,19,22,27H,8-11,13,15-17H2,1H3. The summed E-state index contributed by atoms with van der Waals surface area (Å²) < 4.78 is 31.9. The van der Waals surface area contributed by atoms with Crippen molar-refractivity contribution in [1.29, 1.82) is 0 Å². The van der Waals surface area contributed by atoms with Gasteiger partial charge in [-0.1, -0.05) is 12.1 Å². The number of ether oxygens (including phenoxy) is 3. The van der Waals surface area contributed by atoms with Gasteiger partial charge in [-0.05, 0) is 97.4 Å². The molecule has 176 valence electrons. The molecule has 2 aliphatic carbocycles. The van der Waals surface area contributed by atoms with Crippen LogP contribution >= 0.6 is 0 Å². The third-order valence-electron chi connectivity index (χ3n) is 7.54. The summed E-state index contributed by atoms with van der Waals surface area (Å²) in [4.78, 5) is 4.64. The zero-order valence-electron chi connectivity index (χ0n) is 19.6. The Kier molecular flexibility index (Phi) is 5.74. The molecule has 5 heteroatoms. The molecule has 34 heavy (non-hydrogen) atoms. The molecule has 1 aliphatic heterocycles. The average molecular weight is 460 g/mol. The molecular formula is C29H30FNO3. The van der Waals surface area contributed by atoms with Crippen molar-refractivity contribution in [3.8, 4) is 22.8 Å². The second-order valence-electron chi connectivity index (χ2n) is 9.91. The first-order chi connectivity index (χ1) is 16.6. The first-order valence-electron chi connectivity index (χ1n) is 12.4. The van der Waals surface area contributed by atoms with E-state index in [1.165, 1.54) is 23.6 Å². The van der Waals surface area contributed by atoms with E-state index in [4.69, 9.17) is 14.2 Å². The monoisotopic (exact) mass is 459 g/mol. The van der Waals surface area contributed by atoms with Crippen molar-refractivity contribution >= 4 is 0 Å². The summed E-state index contributed by atoms with van der Waals surface area (Å²) in [7, 11) is 0. The van der Waals surface area contributed by atoms with Crippen LogP contribution in [-0.4, -0.2) is 24.8 Å².